The lowest BCUT2D eigenvalue weighted by atomic mass is 9.89. The van der Waals surface area contributed by atoms with Crippen LogP contribution in [0.3, 0.4) is 0 Å². The molecule has 0 N–H and O–H groups in total. The fourth-order valence-electron chi connectivity index (χ4n) is 4.54. The van der Waals surface area contributed by atoms with Crippen LogP contribution in [0, 0.1) is 19.8 Å². The predicted octanol–water partition coefficient (Wildman–Crippen LogP) is 2.70. The summed E-state index contributed by atoms with van der Waals surface area (Å²) in [5, 5.41) is 0. The van der Waals surface area contributed by atoms with Gasteiger partial charge in [-0.15, -0.1) is 0 Å². The largest absolute Gasteiger partial charge is 0.379 e. The quantitative estimate of drug-likeness (QED) is 0.840. The van der Waals surface area contributed by atoms with E-state index in [1.807, 2.05) is 0 Å². The molecule has 0 spiro atoms. The van der Waals surface area contributed by atoms with Crippen molar-refractivity contribution < 1.29 is 9.53 Å². The van der Waals surface area contributed by atoms with Gasteiger partial charge < -0.3 is 14.2 Å². The molecule has 5 nitrogen and oxygen atoms in total. The van der Waals surface area contributed by atoms with Crippen LogP contribution in [0.25, 0.3) is 0 Å². The summed E-state index contributed by atoms with van der Waals surface area (Å²) in [6, 6.07) is 2.65. The third kappa shape index (κ3) is 3.77. The van der Waals surface area contributed by atoms with Gasteiger partial charge in [-0.25, -0.2) is 0 Å². The number of hydrogen-bond acceptors (Lipinski definition) is 3. The summed E-state index contributed by atoms with van der Waals surface area (Å²) in [5.41, 5.74) is 3.17. The van der Waals surface area contributed by atoms with E-state index in [0.29, 0.717) is 12.0 Å². The Morgan fingerprint density at radius 3 is 2.40 bits per heavy atom. The maximum absolute atomic E-state index is 13.0. The summed E-state index contributed by atoms with van der Waals surface area (Å²) in [6.45, 7) is 15.1. The number of carbonyl (C=O) groups excluding carboxylic acids is 1. The van der Waals surface area contributed by atoms with Crippen LogP contribution in [-0.2, 0) is 11.3 Å². The molecule has 2 aliphatic heterocycles. The molecule has 2 aliphatic rings. The molecule has 25 heavy (non-hydrogen) atoms. The molecular weight excluding hydrogens is 314 g/mol. The normalized spacial score (nSPS) is 21.5. The number of piperidine rings is 1. The molecule has 0 bridgehead atoms. The molecule has 1 aromatic heterocycles. The van der Waals surface area contributed by atoms with Crippen LogP contribution >= 0.6 is 0 Å². The van der Waals surface area contributed by atoms with E-state index in [4.69, 9.17) is 4.74 Å². The molecule has 1 aromatic rings. The van der Waals surface area contributed by atoms with Gasteiger partial charge in [0.1, 0.15) is 0 Å². The minimum absolute atomic E-state index is 0.213. The highest BCUT2D eigenvalue weighted by Gasteiger charge is 2.31. The van der Waals surface area contributed by atoms with Crippen molar-refractivity contribution in [3.05, 3.63) is 23.0 Å². The molecule has 1 unspecified atom stereocenters. The Balaban J connectivity index is 1.59. The first-order chi connectivity index (χ1) is 12.0. The number of amides is 1. The average molecular weight is 348 g/mol. The van der Waals surface area contributed by atoms with Gasteiger partial charge in [0.25, 0.3) is 5.91 Å². The van der Waals surface area contributed by atoms with Crippen molar-refractivity contribution in [1.82, 2.24) is 14.4 Å². The van der Waals surface area contributed by atoms with Crippen LogP contribution < -0.4 is 0 Å². The van der Waals surface area contributed by atoms with Crippen LogP contribution in [0.4, 0.5) is 0 Å². The highest BCUT2D eigenvalue weighted by atomic mass is 16.5. The van der Waals surface area contributed by atoms with E-state index in [-0.39, 0.29) is 5.91 Å². The number of likely N-dealkylation sites (tertiary alicyclic amines) is 1. The summed E-state index contributed by atoms with van der Waals surface area (Å²) >= 11 is 0. The van der Waals surface area contributed by atoms with Crippen molar-refractivity contribution in [1.29, 1.82) is 0 Å². The van der Waals surface area contributed by atoms with Gasteiger partial charge in [0.15, 0.2) is 0 Å². The molecule has 5 heteroatoms. The Morgan fingerprint density at radius 2 is 1.84 bits per heavy atom. The Labute approximate surface area is 151 Å². The second-order valence-corrected chi connectivity index (χ2v) is 7.55. The number of morpholine rings is 1. The Kier molecular flexibility index (Phi) is 5.85. The zero-order valence-corrected chi connectivity index (χ0v) is 16.3. The highest BCUT2D eigenvalue weighted by Crippen LogP contribution is 2.26. The van der Waals surface area contributed by atoms with Gasteiger partial charge in [0.05, 0.1) is 18.8 Å². The smallest absolute Gasteiger partial charge is 0.255 e. The van der Waals surface area contributed by atoms with Gasteiger partial charge in [-0.1, -0.05) is 0 Å². The van der Waals surface area contributed by atoms with Crippen LogP contribution in [0.15, 0.2) is 6.07 Å². The maximum Gasteiger partial charge on any atom is 0.255 e. The first kappa shape index (κ1) is 18.5. The molecule has 0 aliphatic carbocycles. The lowest BCUT2D eigenvalue weighted by molar-refractivity contribution is -0.000955. The predicted molar refractivity (Wildman–Crippen MR) is 100 cm³/mol. The van der Waals surface area contributed by atoms with E-state index in [1.54, 1.807) is 0 Å². The lowest BCUT2D eigenvalue weighted by Gasteiger charge is -2.41. The van der Waals surface area contributed by atoms with Gasteiger partial charge in [-0.05, 0) is 52.5 Å². The number of carbonyl (C=O) groups is 1. The fraction of sp³-hybridized carbons (Fsp3) is 0.750. The molecule has 2 saturated heterocycles. The van der Waals surface area contributed by atoms with Crippen LogP contribution in [0.5, 0.6) is 0 Å². The third-order valence-electron chi connectivity index (χ3n) is 6.25. The van der Waals surface area contributed by atoms with E-state index in [9.17, 15) is 4.79 Å². The topological polar surface area (TPSA) is 37.7 Å². The third-order valence-corrected chi connectivity index (χ3v) is 6.25. The Bertz CT molecular complexity index is 596. The number of hydrogen-bond donors (Lipinski definition) is 0. The molecule has 2 fully saturated rings. The summed E-state index contributed by atoms with van der Waals surface area (Å²) in [5.74, 6) is 0.899. The van der Waals surface area contributed by atoms with Crippen molar-refractivity contribution in [3.8, 4) is 0 Å². The number of ether oxygens (including phenoxy) is 1. The van der Waals surface area contributed by atoms with E-state index in [1.165, 1.54) is 5.69 Å². The molecule has 1 amide bonds. The first-order valence-electron chi connectivity index (χ1n) is 9.80. The minimum atomic E-state index is 0.213. The monoisotopic (exact) mass is 347 g/mol. The fourth-order valence-corrected chi connectivity index (χ4v) is 4.54. The molecule has 1 atom stereocenters. The zero-order valence-electron chi connectivity index (χ0n) is 16.3. The van der Waals surface area contributed by atoms with Crippen molar-refractivity contribution in [2.24, 2.45) is 5.92 Å². The van der Waals surface area contributed by atoms with Gasteiger partial charge in [-0.3, -0.25) is 9.69 Å². The van der Waals surface area contributed by atoms with E-state index < -0.39 is 0 Å². The van der Waals surface area contributed by atoms with Gasteiger partial charge in [0, 0.05) is 50.2 Å². The summed E-state index contributed by atoms with van der Waals surface area (Å²) in [7, 11) is 0. The standard InChI is InChI=1S/C20H33N3O2/c1-5-23-15(2)14-19(17(23)4)20(24)22-8-6-18(7-9-22)16(3)21-10-12-25-13-11-21/h14,16,18H,5-13H2,1-4H3. The second-order valence-electron chi connectivity index (χ2n) is 7.55. The number of aryl methyl sites for hydroxylation is 1. The van der Waals surface area contributed by atoms with E-state index in [2.05, 4.69) is 48.1 Å². The highest BCUT2D eigenvalue weighted by molar-refractivity contribution is 5.95. The number of nitrogens with zero attached hydrogens (tertiary/aromatic N) is 3. The SMILES string of the molecule is CCn1c(C)cc(C(=O)N2CCC(C(C)N3CCOCC3)CC2)c1C. The van der Waals surface area contributed by atoms with Crippen molar-refractivity contribution in [2.45, 2.75) is 53.1 Å². The van der Waals surface area contributed by atoms with Crippen LogP contribution in [0.1, 0.15) is 48.4 Å². The summed E-state index contributed by atoms with van der Waals surface area (Å²) in [4.78, 5) is 17.6. The summed E-state index contributed by atoms with van der Waals surface area (Å²) in [6.07, 6.45) is 2.22. The summed E-state index contributed by atoms with van der Waals surface area (Å²) < 4.78 is 7.69. The first-order valence-corrected chi connectivity index (χ1v) is 9.80. The van der Waals surface area contributed by atoms with E-state index in [0.717, 1.165) is 70.0 Å². The molecule has 0 aromatic carbocycles. The average Bonchev–Trinajstić information content (AvgIpc) is 2.95. The number of rotatable bonds is 4. The van der Waals surface area contributed by atoms with Crippen LogP contribution in [0.2, 0.25) is 0 Å². The molecule has 140 valence electrons. The molecule has 3 heterocycles. The van der Waals surface area contributed by atoms with Gasteiger partial charge in [-0.2, -0.15) is 0 Å². The zero-order chi connectivity index (χ0) is 18.0. The minimum Gasteiger partial charge on any atom is -0.379 e. The maximum atomic E-state index is 13.0. The molecule has 0 saturated carbocycles. The molecular formula is C20H33N3O2. The molecule has 3 rings (SSSR count). The van der Waals surface area contributed by atoms with Crippen LogP contribution in [-0.4, -0.2) is 65.7 Å². The lowest BCUT2D eigenvalue weighted by Crippen LogP contribution is -2.49. The Hall–Kier alpha value is -1.33. The Morgan fingerprint density at radius 1 is 1.20 bits per heavy atom. The van der Waals surface area contributed by atoms with Crippen molar-refractivity contribution in [2.75, 3.05) is 39.4 Å². The second kappa shape index (κ2) is 7.92. The van der Waals surface area contributed by atoms with Crippen molar-refractivity contribution in [3.63, 3.8) is 0 Å². The van der Waals surface area contributed by atoms with Crippen molar-refractivity contribution >= 4 is 5.91 Å². The van der Waals surface area contributed by atoms with Gasteiger partial charge >= 0.3 is 0 Å². The number of aromatic nitrogens is 1. The molecule has 0 radical (unpaired) electrons. The van der Waals surface area contributed by atoms with Gasteiger partial charge in [0.2, 0.25) is 0 Å². The van der Waals surface area contributed by atoms with E-state index >= 15 is 0 Å².